The van der Waals surface area contributed by atoms with E-state index in [9.17, 15) is 4.79 Å². The molecule has 2 aromatic carbocycles. The Bertz CT molecular complexity index is 1150. The molecule has 1 aromatic heterocycles. The molecular formula is C33H44N4O3. The summed E-state index contributed by atoms with van der Waals surface area (Å²) >= 11 is 0. The highest BCUT2D eigenvalue weighted by molar-refractivity contribution is 5.68. The topological polar surface area (TPSA) is 71.7 Å². The summed E-state index contributed by atoms with van der Waals surface area (Å²) in [5.41, 5.74) is 2.32. The first-order chi connectivity index (χ1) is 19.3. The van der Waals surface area contributed by atoms with Crippen LogP contribution in [0.25, 0.3) is 0 Å². The van der Waals surface area contributed by atoms with E-state index < -0.39 is 5.60 Å². The van der Waals surface area contributed by atoms with Crippen LogP contribution in [0.2, 0.25) is 0 Å². The van der Waals surface area contributed by atoms with Crippen LogP contribution in [0.4, 0.5) is 4.79 Å². The molecule has 7 heteroatoms. The summed E-state index contributed by atoms with van der Waals surface area (Å²) < 4.78 is 11.2. The van der Waals surface area contributed by atoms with Gasteiger partial charge in [0, 0.05) is 31.3 Å². The van der Waals surface area contributed by atoms with Gasteiger partial charge in [-0.2, -0.15) is 4.98 Å². The van der Waals surface area contributed by atoms with E-state index in [2.05, 4.69) is 70.7 Å². The van der Waals surface area contributed by atoms with E-state index in [1.54, 1.807) is 4.90 Å². The largest absolute Gasteiger partial charge is 0.444 e. The summed E-state index contributed by atoms with van der Waals surface area (Å²) in [6.45, 7) is 10.4. The van der Waals surface area contributed by atoms with Gasteiger partial charge in [0.25, 0.3) is 0 Å². The van der Waals surface area contributed by atoms with Crippen molar-refractivity contribution in [2.24, 2.45) is 5.92 Å². The van der Waals surface area contributed by atoms with Crippen molar-refractivity contribution in [2.75, 3.05) is 32.7 Å². The second-order valence-corrected chi connectivity index (χ2v) is 12.4. The Kier molecular flexibility index (Phi) is 9.20. The van der Waals surface area contributed by atoms with Gasteiger partial charge >= 0.3 is 6.09 Å². The van der Waals surface area contributed by atoms with Gasteiger partial charge in [-0.15, -0.1) is 0 Å². The molecule has 2 saturated heterocycles. The lowest BCUT2D eigenvalue weighted by Crippen LogP contribution is -2.41. The molecule has 3 heterocycles. The molecule has 0 aliphatic carbocycles. The van der Waals surface area contributed by atoms with Crippen molar-refractivity contribution in [3.05, 3.63) is 83.5 Å². The van der Waals surface area contributed by atoms with E-state index in [0.717, 1.165) is 69.9 Å². The van der Waals surface area contributed by atoms with Crippen molar-refractivity contribution >= 4 is 6.09 Å². The van der Waals surface area contributed by atoms with Gasteiger partial charge < -0.3 is 19.1 Å². The molecule has 0 saturated carbocycles. The maximum Gasteiger partial charge on any atom is 0.410 e. The third-order valence-electron chi connectivity index (χ3n) is 8.30. The minimum atomic E-state index is -0.473. The molecule has 2 fully saturated rings. The predicted octanol–water partition coefficient (Wildman–Crippen LogP) is 6.66. The Morgan fingerprint density at radius 1 is 0.925 bits per heavy atom. The maximum atomic E-state index is 12.4. The van der Waals surface area contributed by atoms with Gasteiger partial charge in [0.15, 0.2) is 5.82 Å². The van der Waals surface area contributed by atoms with Gasteiger partial charge in [0.05, 0.1) is 0 Å². The molecule has 2 aliphatic rings. The lowest BCUT2D eigenvalue weighted by molar-refractivity contribution is 0.0203. The fourth-order valence-electron chi connectivity index (χ4n) is 6.03. The Morgan fingerprint density at radius 2 is 1.52 bits per heavy atom. The van der Waals surface area contributed by atoms with Crippen LogP contribution in [0.5, 0.6) is 0 Å². The summed E-state index contributed by atoms with van der Waals surface area (Å²) in [5.74, 6) is 2.80. The summed E-state index contributed by atoms with van der Waals surface area (Å²) in [6.07, 6.45) is 5.74. The van der Waals surface area contributed by atoms with Crippen molar-refractivity contribution in [3.8, 4) is 0 Å². The van der Waals surface area contributed by atoms with Crippen LogP contribution in [-0.4, -0.2) is 64.4 Å². The molecule has 2 aliphatic heterocycles. The summed E-state index contributed by atoms with van der Waals surface area (Å²) in [7, 11) is 0. The Morgan fingerprint density at radius 3 is 2.10 bits per heavy atom. The van der Waals surface area contributed by atoms with Crippen LogP contribution in [0.15, 0.2) is 65.2 Å². The number of hydrogen-bond donors (Lipinski definition) is 0. The second-order valence-electron chi connectivity index (χ2n) is 12.4. The standard InChI is InChI=1S/C33H44N4O3/c1-33(2,3)39-32(38)37-22-16-28(17-23-37)31-34-30(40-35-31)24-25-14-19-36(20-15-25)21-18-29(26-10-6-4-7-11-26)27-12-8-5-9-13-27/h4-13,25,28-29H,14-24H2,1-3H3. The van der Waals surface area contributed by atoms with Gasteiger partial charge in [-0.05, 0) is 89.6 Å². The number of amides is 1. The van der Waals surface area contributed by atoms with Crippen LogP contribution in [0.1, 0.15) is 87.6 Å². The van der Waals surface area contributed by atoms with E-state index in [1.807, 2.05) is 20.8 Å². The van der Waals surface area contributed by atoms with Gasteiger partial charge in [0.1, 0.15) is 5.60 Å². The lowest BCUT2D eigenvalue weighted by atomic mass is 9.87. The average molecular weight is 545 g/mol. The second kappa shape index (κ2) is 13.0. The average Bonchev–Trinajstić information content (AvgIpc) is 3.43. The molecule has 0 atom stereocenters. The third kappa shape index (κ3) is 7.72. The maximum absolute atomic E-state index is 12.4. The number of likely N-dealkylation sites (tertiary alicyclic amines) is 2. The molecule has 0 spiro atoms. The highest BCUT2D eigenvalue weighted by Gasteiger charge is 2.30. The van der Waals surface area contributed by atoms with E-state index in [1.165, 1.54) is 11.1 Å². The molecule has 0 radical (unpaired) electrons. The molecule has 0 N–H and O–H groups in total. The van der Waals surface area contributed by atoms with Crippen molar-refractivity contribution in [1.82, 2.24) is 19.9 Å². The zero-order valence-electron chi connectivity index (χ0n) is 24.3. The van der Waals surface area contributed by atoms with Crippen LogP contribution in [0.3, 0.4) is 0 Å². The van der Waals surface area contributed by atoms with Crippen molar-refractivity contribution in [2.45, 2.75) is 76.7 Å². The first kappa shape index (κ1) is 28.3. The predicted molar refractivity (Wildman–Crippen MR) is 156 cm³/mol. The number of nitrogens with zero attached hydrogens (tertiary/aromatic N) is 4. The number of carbonyl (C=O) groups excluding carboxylic acids is 1. The summed E-state index contributed by atoms with van der Waals surface area (Å²) in [4.78, 5) is 21.5. The van der Waals surface area contributed by atoms with Crippen molar-refractivity contribution in [1.29, 1.82) is 0 Å². The van der Waals surface area contributed by atoms with Crippen LogP contribution >= 0.6 is 0 Å². The summed E-state index contributed by atoms with van der Waals surface area (Å²) in [5, 5.41) is 4.32. The molecule has 0 unspecified atom stereocenters. The SMILES string of the molecule is CC(C)(C)OC(=O)N1CCC(c2noc(CC3CCN(CCC(c4ccccc4)c4ccccc4)CC3)n2)CC1. The number of benzene rings is 2. The van der Waals surface area contributed by atoms with E-state index in [4.69, 9.17) is 14.2 Å². The number of rotatable bonds is 8. The number of aromatic nitrogens is 2. The Hall–Kier alpha value is -3.19. The van der Waals surface area contributed by atoms with E-state index in [0.29, 0.717) is 24.9 Å². The minimum Gasteiger partial charge on any atom is -0.444 e. The third-order valence-corrected chi connectivity index (χ3v) is 8.30. The molecule has 214 valence electrons. The highest BCUT2D eigenvalue weighted by atomic mass is 16.6. The van der Waals surface area contributed by atoms with Gasteiger partial charge in [0.2, 0.25) is 5.89 Å². The monoisotopic (exact) mass is 544 g/mol. The van der Waals surface area contributed by atoms with Gasteiger partial charge in [-0.1, -0.05) is 65.8 Å². The Balaban J connectivity index is 1.07. The zero-order valence-corrected chi connectivity index (χ0v) is 24.3. The smallest absolute Gasteiger partial charge is 0.410 e. The molecule has 5 rings (SSSR count). The van der Waals surface area contributed by atoms with Crippen LogP contribution < -0.4 is 0 Å². The molecule has 0 bridgehead atoms. The zero-order chi connectivity index (χ0) is 28.0. The van der Waals surface area contributed by atoms with Crippen LogP contribution in [0, 0.1) is 5.92 Å². The molecule has 40 heavy (non-hydrogen) atoms. The lowest BCUT2D eigenvalue weighted by Gasteiger charge is -2.32. The van der Waals surface area contributed by atoms with E-state index >= 15 is 0 Å². The van der Waals surface area contributed by atoms with Gasteiger partial charge in [-0.25, -0.2) is 4.79 Å². The first-order valence-corrected chi connectivity index (χ1v) is 15.0. The first-order valence-electron chi connectivity index (χ1n) is 15.0. The normalized spacial score (nSPS) is 17.9. The summed E-state index contributed by atoms with van der Waals surface area (Å²) in [6, 6.07) is 21.8. The fraction of sp³-hybridized carbons (Fsp3) is 0.545. The quantitative estimate of drug-likeness (QED) is 0.316. The minimum absolute atomic E-state index is 0.234. The van der Waals surface area contributed by atoms with Gasteiger partial charge in [-0.3, -0.25) is 0 Å². The van der Waals surface area contributed by atoms with Crippen molar-refractivity contribution < 1.29 is 14.1 Å². The molecule has 7 nitrogen and oxygen atoms in total. The van der Waals surface area contributed by atoms with Crippen LogP contribution in [-0.2, 0) is 11.2 Å². The number of carbonyl (C=O) groups is 1. The van der Waals surface area contributed by atoms with Crippen molar-refractivity contribution in [3.63, 3.8) is 0 Å². The van der Waals surface area contributed by atoms with E-state index in [-0.39, 0.29) is 12.0 Å². The molecule has 1 amide bonds. The fourth-order valence-corrected chi connectivity index (χ4v) is 6.03. The number of hydrogen-bond acceptors (Lipinski definition) is 6. The molecular weight excluding hydrogens is 500 g/mol. The number of piperidine rings is 2. The molecule has 3 aromatic rings. The highest BCUT2D eigenvalue weighted by Crippen LogP contribution is 2.30. The number of ether oxygens (including phenoxy) is 1. The Labute approximate surface area is 238 Å².